The molecular weight excluding hydrogens is 474 g/mol. The molecule has 0 saturated heterocycles. The van der Waals surface area contributed by atoms with Crippen molar-refractivity contribution >= 4 is 33.4 Å². The molecule has 0 saturated carbocycles. The molecule has 0 aliphatic carbocycles. The summed E-state index contributed by atoms with van der Waals surface area (Å²) in [7, 11) is 0. The molecule has 0 radical (unpaired) electrons. The third kappa shape index (κ3) is 5.61. The number of hydrogen-bond donors (Lipinski definition) is 2. The average molecular weight is 492 g/mol. The summed E-state index contributed by atoms with van der Waals surface area (Å²) in [6.45, 7) is 0.336. The van der Waals surface area contributed by atoms with Crippen LogP contribution in [0.5, 0.6) is 11.6 Å². The monoisotopic (exact) mass is 491 g/mol. The maximum absolute atomic E-state index is 12.4. The standard InChI is InChI=1S/C24H18BrN3O4/c25-18-6-10-20(11-7-18)32-22-12-5-17(15-26-22)23(29)27-14-16-3-8-19(9-4-16)28-24(30)21-2-1-13-31-21/h1-13,15H,14H2,(H,27,29)(H,28,30). The number of pyridine rings is 1. The lowest BCUT2D eigenvalue weighted by molar-refractivity contribution is 0.0949. The largest absolute Gasteiger partial charge is 0.459 e. The Morgan fingerprint density at radius 3 is 2.38 bits per heavy atom. The van der Waals surface area contributed by atoms with Gasteiger partial charge >= 0.3 is 0 Å². The number of anilines is 1. The number of carbonyl (C=O) groups is 2. The molecule has 0 bridgehead atoms. The van der Waals surface area contributed by atoms with Crippen molar-refractivity contribution in [3.8, 4) is 11.6 Å². The lowest BCUT2D eigenvalue weighted by atomic mass is 10.2. The molecule has 2 N–H and O–H groups in total. The van der Waals surface area contributed by atoms with Crippen molar-refractivity contribution in [1.29, 1.82) is 0 Å². The number of amides is 2. The summed E-state index contributed by atoms with van der Waals surface area (Å²) in [4.78, 5) is 28.6. The molecule has 7 nitrogen and oxygen atoms in total. The van der Waals surface area contributed by atoms with E-state index in [9.17, 15) is 9.59 Å². The summed E-state index contributed by atoms with van der Waals surface area (Å²) in [5, 5.41) is 5.59. The molecule has 2 heterocycles. The van der Waals surface area contributed by atoms with E-state index in [1.165, 1.54) is 12.5 Å². The first-order valence-corrected chi connectivity index (χ1v) is 10.5. The Kier molecular flexibility index (Phi) is 6.62. The Labute approximate surface area is 192 Å². The summed E-state index contributed by atoms with van der Waals surface area (Å²) >= 11 is 3.37. The van der Waals surface area contributed by atoms with Crippen LogP contribution < -0.4 is 15.4 Å². The van der Waals surface area contributed by atoms with Gasteiger partial charge in [0.05, 0.1) is 11.8 Å². The minimum Gasteiger partial charge on any atom is -0.459 e. The van der Waals surface area contributed by atoms with E-state index < -0.39 is 0 Å². The van der Waals surface area contributed by atoms with Gasteiger partial charge in [-0.1, -0.05) is 28.1 Å². The Morgan fingerprint density at radius 1 is 0.938 bits per heavy atom. The summed E-state index contributed by atoms with van der Waals surface area (Å²) in [6, 6.07) is 21.1. The third-order valence-corrected chi connectivity index (χ3v) is 4.97. The number of benzene rings is 2. The van der Waals surface area contributed by atoms with E-state index in [2.05, 4.69) is 31.5 Å². The predicted molar refractivity (Wildman–Crippen MR) is 123 cm³/mol. The Balaban J connectivity index is 1.28. The normalized spacial score (nSPS) is 10.4. The van der Waals surface area contributed by atoms with Crippen LogP contribution in [0.2, 0.25) is 0 Å². The SMILES string of the molecule is O=C(NCc1ccc(NC(=O)c2ccco2)cc1)c1ccc(Oc2ccc(Br)cc2)nc1. The Hall–Kier alpha value is -3.91. The van der Waals surface area contributed by atoms with Gasteiger partial charge in [0.1, 0.15) is 5.75 Å². The van der Waals surface area contributed by atoms with Gasteiger partial charge in [-0.15, -0.1) is 0 Å². The molecule has 0 atom stereocenters. The second kappa shape index (κ2) is 9.93. The van der Waals surface area contributed by atoms with E-state index in [1.807, 2.05) is 36.4 Å². The molecule has 0 aliphatic heterocycles. The number of rotatable bonds is 7. The first-order valence-electron chi connectivity index (χ1n) is 9.68. The van der Waals surface area contributed by atoms with Crippen LogP contribution in [0.3, 0.4) is 0 Å². The van der Waals surface area contributed by atoms with Gasteiger partial charge in [0.25, 0.3) is 11.8 Å². The highest BCUT2D eigenvalue weighted by Gasteiger charge is 2.09. The van der Waals surface area contributed by atoms with Crippen molar-refractivity contribution in [3.05, 3.63) is 107 Å². The van der Waals surface area contributed by atoms with Gasteiger partial charge in [-0.05, 0) is 60.2 Å². The van der Waals surface area contributed by atoms with Gasteiger partial charge in [0.2, 0.25) is 5.88 Å². The fourth-order valence-electron chi connectivity index (χ4n) is 2.79. The van der Waals surface area contributed by atoms with Crippen molar-refractivity contribution in [2.75, 3.05) is 5.32 Å². The number of nitrogens with zero attached hydrogens (tertiary/aromatic N) is 1. The summed E-state index contributed by atoms with van der Waals surface area (Å²) in [5.41, 5.74) is 1.94. The molecule has 0 unspecified atom stereocenters. The molecule has 2 aromatic heterocycles. The fraction of sp³-hybridized carbons (Fsp3) is 0.0417. The van der Waals surface area contributed by atoms with Gasteiger partial charge < -0.3 is 19.8 Å². The number of ether oxygens (including phenoxy) is 1. The summed E-state index contributed by atoms with van der Waals surface area (Å²) < 4.78 is 11.7. The van der Waals surface area contributed by atoms with Gasteiger partial charge in [-0.25, -0.2) is 4.98 Å². The number of halogens is 1. The molecule has 2 aromatic carbocycles. The third-order valence-electron chi connectivity index (χ3n) is 4.44. The molecular formula is C24H18BrN3O4. The first-order chi connectivity index (χ1) is 15.6. The Bertz CT molecular complexity index is 1190. The molecule has 2 amide bonds. The van der Waals surface area contributed by atoms with Gasteiger partial charge in [-0.3, -0.25) is 9.59 Å². The maximum atomic E-state index is 12.4. The second-order valence-corrected chi connectivity index (χ2v) is 7.67. The lowest BCUT2D eigenvalue weighted by Gasteiger charge is -2.08. The molecule has 8 heteroatoms. The summed E-state index contributed by atoms with van der Waals surface area (Å²) in [5.74, 6) is 0.722. The lowest BCUT2D eigenvalue weighted by Crippen LogP contribution is -2.22. The number of nitrogens with one attached hydrogen (secondary N) is 2. The van der Waals surface area contributed by atoms with E-state index >= 15 is 0 Å². The van der Waals surface area contributed by atoms with E-state index in [1.54, 1.807) is 36.4 Å². The second-order valence-electron chi connectivity index (χ2n) is 6.75. The molecule has 0 fully saturated rings. The van der Waals surface area contributed by atoms with Crippen molar-refractivity contribution in [3.63, 3.8) is 0 Å². The van der Waals surface area contributed by atoms with Crippen LogP contribution >= 0.6 is 15.9 Å². The molecule has 4 rings (SSSR count). The van der Waals surface area contributed by atoms with E-state index in [0.29, 0.717) is 29.4 Å². The van der Waals surface area contributed by atoms with Gasteiger partial charge in [0, 0.05) is 29.0 Å². The van der Waals surface area contributed by atoms with Crippen LogP contribution in [0.1, 0.15) is 26.5 Å². The predicted octanol–water partition coefficient (Wildman–Crippen LogP) is 5.41. The van der Waals surface area contributed by atoms with Gasteiger partial charge in [-0.2, -0.15) is 0 Å². The number of carbonyl (C=O) groups excluding carboxylic acids is 2. The van der Waals surface area contributed by atoms with E-state index in [4.69, 9.17) is 9.15 Å². The van der Waals surface area contributed by atoms with E-state index in [-0.39, 0.29) is 17.6 Å². The molecule has 4 aromatic rings. The van der Waals surface area contributed by atoms with Crippen LogP contribution in [0.25, 0.3) is 0 Å². The minimum atomic E-state index is -0.323. The van der Waals surface area contributed by atoms with Crippen LogP contribution in [-0.4, -0.2) is 16.8 Å². The highest BCUT2D eigenvalue weighted by Crippen LogP contribution is 2.21. The number of aromatic nitrogens is 1. The van der Waals surface area contributed by atoms with Crippen molar-refractivity contribution in [2.24, 2.45) is 0 Å². The van der Waals surface area contributed by atoms with Crippen LogP contribution in [0, 0.1) is 0 Å². The van der Waals surface area contributed by atoms with Crippen molar-refractivity contribution < 1.29 is 18.7 Å². The van der Waals surface area contributed by atoms with Crippen LogP contribution in [-0.2, 0) is 6.54 Å². The van der Waals surface area contributed by atoms with Crippen molar-refractivity contribution in [2.45, 2.75) is 6.54 Å². The van der Waals surface area contributed by atoms with Crippen LogP contribution in [0.15, 0.2) is 94.1 Å². The molecule has 0 spiro atoms. The highest BCUT2D eigenvalue weighted by atomic mass is 79.9. The Morgan fingerprint density at radius 2 is 1.72 bits per heavy atom. The zero-order valence-corrected chi connectivity index (χ0v) is 18.3. The number of furan rings is 1. The quantitative estimate of drug-likeness (QED) is 0.360. The average Bonchev–Trinajstić information content (AvgIpc) is 3.36. The van der Waals surface area contributed by atoms with Gasteiger partial charge in [0.15, 0.2) is 5.76 Å². The highest BCUT2D eigenvalue weighted by molar-refractivity contribution is 9.10. The zero-order chi connectivity index (χ0) is 22.3. The zero-order valence-electron chi connectivity index (χ0n) is 16.7. The fourth-order valence-corrected chi connectivity index (χ4v) is 3.05. The topological polar surface area (TPSA) is 93.5 Å². The van der Waals surface area contributed by atoms with E-state index in [0.717, 1.165) is 10.0 Å². The number of hydrogen-bond acceptors (Lipinski definition) is 5. The van der Waals surface area contributed by atoms with Crippen molar-refractivity contribution in [1.82, 2.24) is 10.3 Å². The molecule has 160 valence electrons. The summed E-state index contributed by atoms with van der Waals surface area (Å²) in [6.07, 6.45) is 2.91. The maximum Gasteiger partial charge on any atom is 0.291 e. The molecule has 32 heavy (non-hydrogen) atoms. The first kappa shape index (κ1) is 21.3. The minimum absolute atomic E-state index is 0.239. The smallest absolute Gasteiger partial charge is 0.291 e. The van der Waals surface area contributed by atoms with Crippen LogP contribution in [0.4, 0.5) is 5.69 Å². The molecule has 0 aliphatic rings.